The maximum atomic E-state index is 13.2. The third kappa shape index (κ3) is 4.30. The van der Waals surface area contributed by atoms with Gasteiger partial charge in [0, 0.05) is 15.7 Å². The predicted octanol–water partition coefficient (Wildman–Crippen LogP) is 6.71. The van der Waals surface area contributed by atoms with E-state index in [1.165, 1.54) is 0 Å². The lowest BCUT2D eigenvalue weighted by Crippen LogP contribution is -2.08. The van der Waals surface area contributed by atoms with Gasteiger partial charge >= 0.3 is 12.4 Å². The Labute approximate surface area is 143 Å². The van der Waals surface area contributed by atoms with Gasteiger partial charge in [-0.1, -0.05) is 20.8 Å². The van der Waals surface area contributed by atoms with Crippen LogP contribution < -0.4 is 0 Å². The molecule has 0 aliphatic rings. The molecule has 2 heterocycles. The summed E-state index contributed by atoms with van der Waals surface area (Å²) in [7, 11) is 0. The molecule has 0 aliphatic carbocycles. The van der Waals surface area contributed by atoms with E-state index in [9.17, 15) is 26.3 Å². The van der Waals surface area contributed by atoms with Crippen molar-refractivity contribution in [1.29, 1.82) is 0 Å². The molecule has 0 fully saturated rings. The average molecular weight is 387 g/mol. The fraction of sp³-hybridized carbons (Fsp3) is 0.533. The number of hydrogen-bond acceptors (Lipinski definition) is 3. The lowest BCUT2D eigenvalue weighted by Gasteiger charge is -2.11. The van der Waals surface area contributed by atoms with E-state index in [-0.39, 0.29) is 22.2 Å². The number of rotatable bonds is 4. The van der Waals surface area contributed by atoms with Crippen molar-refractivity contribution in [2.75, 3.05) is 0 Å². The van der Waals surface area contributed by atoms with Crippen LogP contribution in [0, 0.1) is 0 Å². The predicted molar refractivity (Wildman–Crippen MR) is 82.6 cm³/mol. The van der Waals surface area contributed by atoms with E-state index in [1.807, 2.05) is 0 Å². The van der Waals surface area contributed by atoms with Gasteiger partial charge in [0.15, 0.2) is 0 Å². The first-order chi connectivity index (χ1) is 10.9. The number of thiazole rings is 1. The van der Waals surface area contributed by atoms with Gasteiger partial charge in [0.25, 0.3) is 0 Å². The van der Waals surface area contributed by atoms with Crippen LogP contribution in [0.5, 0.6) is 0 Å². The molecule has 0 saturated heterocycles. The number of alkyl halides is 6. The van der Waals surface area contributed by atoms with Crippen molar-refractivity contribution in [3.63, 3.8) is 0 Å². The van der Waals surface area contributed by atoms with Gasteiger partial charge in [-0.25, -0.2) is 4.98 Å². The lowest BCUT2D eigenvalue weighted by molar-refractivity contribution is -0.138. The monoisotopic (exact) mass is 387 g/mol. The summed E-state index contributed by atoms with van der Waals surface area (Å²) in [5.74, 6) is -0.567. The van der Waals surface area contributed by atoms with E-state index in [0.29, 0.717) is 16.2 Å². The molecular formula is C15H15F6NS2. The third-order valence-corrected chi connectivity index (χ3v) is 6.15. The molecule has 0 spiro atoms. The summed E-state index contributed by atoms with van der Waals surface area (Å²) in [5.41, 5.74) is -0.698. The van der Waals surface area contributed by atoms with Crippen LogP contribution in [0.2, 0.25) is 0 Å². The molecule has 2 rings (SSSR count). The van der Waals surface area contributed by atoms with Gasteiger partial charge in [-0.05, 0) is 18.4 Å². The topological polar surface area (TPSA) is 12.9 Å². The van der Waals surface area contributed by atoms with E-state index in [1.54, 1.807) is 20.8 Å². The molecule has 0 radical (unpaired) electrons. The maximum absolute atomic E-state index is 13.2. The maximum Gasteiger partial charge on any atom is 0.427 e. The van der Waals surface area contributed by atoms with Crippen LogP contribution in [0.15, 0.2) is 12.3 Å². The van der Waals surface area contributed by atoms with Crippen LogP contribution in [0.1, 0.15) is 57.8 Å². The number of hydrogen-bond donors (Lipinski definition) is 0. The summed E-state index contributed by atoms with van der Waals surface area (Å²) >= 11 is 1.55. The van der Waals surface area contributed by atoms with E-state index in [2.05, 4.69) is 4.98 Å². The lowest BCUT2D eigenvalue weighted by atomic mass is 10.0. The van der Waals surface area contributed by atoms with Crippen LogP contribution >= 0.6 is 22.7 Å². The molecule has 1 atom stereocenters. The van der Waals surface area contributed by atoms with E-state index < -0.39 is 28.7 Å². The van der Waals surface area contributed by atoms with Crippen LogP contribution in [-0.4, -0.2) is 4.98 Å². The minimum atomic E-state index is -4.49. The van der Waals surface area contributed by atoms with E-state index in [4.69, 9.17) is 0 Å². The first-order valence-corrected chi connectivity index (χ1v) is 8.75. The largest absolute Gasteiger partial charge is 0.427 e. The summed E-state index contributed by atoms with van der Waals surface area (Å²) in [6.45, 7) is 5.19. The SMILES string of the molecule is CC(C)c1cc(C(F)(F)F)c(CC(C)c2ncc(C(F)(F)F)s2)s1. The minimum absolute atomic E-state index is 0.0110. The van der Waals surface area contributed by atoms with Gasteiger partial charge in [-0.3, -0.25) is 0 Å². The second-order valence-electron chi connectivity index (χ2n) is 5.80. The minimum Gasteiger partial charge on any atom is -0.249 e. The van der Waals surface area contributed by atoms with Crippen molar-refractivity contribution in [2.24, 2.45) is 0 Å². The second-order valence-corrected chi connectivity index (χ2v) is 8.03. The highest BCUT2D eigenvalue weighted by atomic mass is 32.1. The fourth-order valence-electron chi connectivity index (χ4n) is 2.14. The van der Waals surface area contributed by atoms with Crippen LogP contribution in [0.3, 0.4) is 0 Å². The number of halogens is 6. The Balaban J connectivity index is 2.28. The average Bonchev–Trinajstić information content (AvgIpc) is 3.03. The molecule has 1 unspecified atom stereocenters. The van der Waals surface area contributed by atoms with Crippen molar-refractivity contribution in [3.05, 3.63) is 37.5 Å². The molecule has 1 nitrogen and oxygen atoms in total. The van der Waals surface area contributed by atoms with Crippen LogP contribution in [0.25, 0.3) is 0 Å². The van der Waals surface area contributed by atoms with Crippen molar-refractivity contribution >= 4 is 22.7 Å². The molecule has 134 valence electrons. The zero-order chi connectivity index (χ0) is 18.3. The summed E-state index contributed by atoms with van der Waals surface area (Å²) in [6, 6.07) is 1.14. The highest BCUT2D eigenvalue weighted by Gasteiger charge is 2.37. The number of nitrogens with zero attached hydrogens (tertiary/aromatic N) is 1. The standard InChI is InChI=1S/C15H15F6NS2/c1-7(2)10-5-9(14(16,17)18)11(23-10)4-8(3)13-22-6-12(24-13)15(19,20)21/h5-8H,4H2,1-3H3. The molecule has 2 aromatic rings. The van der Waals surface area contributed by atoms with Crippen molar-refractivity contribution in [2.45, 2.75) is 51.4 Å². The zero-order valence-corrected chi connectivity index (χ0v) is 14.7. The summed E-state index contributed by atoms with van der Waals surface area (Å²) in [5, 5.41) is 0.190. The van der Waals surface area contributed by atoms with E-state index in [0.717, 1.165) is 23.6 Å². The quantitative estimate of drug-likeness (QED) is 0.531. The third-order valence-electron chi connectivity index (χ3n) is 3.42. The number of aromatic nitrogens is 1. The summed E-state index contributed by atoms with van der Waals surface area (Å²) in [6.07, 6.45) is -8.22. The van der Waals surface area contributed by atoms with E-state index >= 15 is 0 Å². The van der Waals surface area contributed by atoms with Crippen molar-refractivity contribution in [1.82, 2.24) is 4.98 Å². The molecular weight excluding hydrogens is 372 g/mol. The van der Waals surface area contributed by atoms with Gasteiger partial charge in [0.2, 0.25) is 0 Å². The summed E-state index contributed by atoms with van der Waals surface area (Å²) in [4.78, 5) is 3.65. The first-order valence-electron chi connectivity index (χ1n) is 7.12. The van der Waals surface area contributed by atoms with Crippen molar-refractivity contribution in [3.8, 4) is 0 Å². The number of thiophene rings is 1. The van der Waals surface area contributed by atoms with Gasteiger partial charge in [0.1, 0.15) is 4.88 Å². The Kier molecular flexibility index (Phi) is 5.34. The van der Waals surface area contributed by atoms with Gasteiger partial charge in [0.05, 0.1) is 16.8 Å². The molecule has 0 bridgehead atoms. The Bertz CT molecular complexity index is 696. The Morgan fingerprint density at radius 2 is 1.62 bits per heavy atom. The second kappa shape index (κ2) is 6.67. The van der Waals surface area contributed by atoms with Crippen LogP contribution in [-0.2, 0) is 18.8 Å². The molecule has 0 saturated carbocycles. The van der Waals surface area contributed by atoms with Gasteiger partial charge in [-0.15, -0.1) is 22.7 Å². The normalized spacial score (nSPS) is 14.4. The Hall–Kier alpha value is -1.09. The molecule has 24 heavy (non-hydrogen) atoms. The first kappa shape index (κ1) is 19.2. The highest BCUT2D eigenvalue weighted by Crippen LogP contribution is 2.42. The molecule has 0 aliphatic heterocycles. The molecule has 0 aromatic carbocycles. The Morgan fingerprint density at radius 1 is 1.00 bits per heavy atom. The van der Waals surface area contributed by atoms with Gasteiger partial charge < -0.3 is 0 Å². The van der Waals surface area contributed by atoms with Crippen LogP contribution in [0.4, 0.5) is 26.3 Å². The zero-order valence-electron chi connectivity index (χ0n) is 13.0. The fourth-order valence-corrected chi connectivity index (χ4v) is 4.29. The molecule has 0 N–H and O–H groups in total. The molecule has 0 amide bonds. The Morgan fingerprint density at radius 3 is 2.08 bits per heavy atom. The smallest absolute Gasteiger partial charge is 0.249 e. The highest BCUT2D eigenvalue weighted by molar-refractivity contribution is 7.12. The molecule has 9 heteroatoms. The molecule has 2 aromatic heterocycles. The van der Waals surface area contributed by atoms with Gasteiger partial charge in [-0.2, -0.15) is 26.3 Å². The van der Waals surface area contributed by atoms with Crippen molar-refractivity contribution < 1.29 is 26.3 Å². The summed E-state index contributed by atoms with van der Waals surface area (Å²) < 4.78 is 77.4.